The van der Waals surface area contributed by atoms with Crippen LogP contribution in [0.4, 0.5) is 24.8 Å². The third kappa shape index (κ3) is 7.55. The second-order valence-electron chi connectivity index (χ2n) is 12.0. The lowest BCUT2D eigenvalue weighted by atomic mass is 9.97. The van der Waals surface area contributed by atoms with Crippen LogP contribution >= 0.6 is 0 Å². The summed E-state index contributed by atoms with van der Waals surface area (Å²) in [5, 5.41) is 5.99. The second kappa shape index (κ2) is 12.3. The minimum Gasteiger partial charge on any atom is -0.356 e. The van der Waals surface area contributed by atoms with E-state index in [2.05, 4.69) is 32.5 Å². The van der Waals surface area contributed by atoms with Crippen molar-refractivity contribution in [1.29, 1.82) is 0 Å². The maximum Gasteiger partial charge on any atom is 0.419 e. The molecule has 2 heterocycles. The fraction of sp³-hybridized carbons (Fsp3) is 0.600. The summed E-state index contributed by atoms with van der Waals surface area (Å²) in [4.78, 5) is 37.8. The number of nitrogens with zero attached hydrogens (tertiary/aromatic N) is 4. The smallest absolute Gasteiger partial charge is 0.356 e. The molecule has 41 heavy (non-hydrogen) atoms. The van der Waals surface area contributed by atoms with Gasteiger partial charge in [-0.25, -0.2) is 9.97 Å². The van der Waals surface area contributed by atoms with Gasteiger partial charge in [-0.05, 0) is 108 Å². The Morgan fingerprint density at radius 2 is 1.71 bits per heavy atom. The van der Waals surface area contributed by atoms with Crippen molar-refractivity contribution in [2.45, 2.75) is 63.6 Å². The predicted octanol–water partition coefficient (Wildman–Crippen LogP) is 4.89. The molecule has 0 spiro atoms. The molecule has 0 bridgehead atoms. The van der Waals surface area contributed by atoms with E-state index >= 15 is 0 Å². The van der Waals surface area contributed by atoms with Crippen molar-refractivity contribution in [3.8, 4) is 0 Å². The Morgan fingerprint density at radius 1 is 1.02 bits per heavy atom. The number of halogens is 3. The molecular formula is C30H39F3N6O2. The van der Waals surface area contributed by atoms with Crippen LogP contribution in [0.2, 0.25) is 0 Å². The lowest BCUT2D eigenvalue weighted by Crippen LogP contribution is -2.44. The van der Waals surface area contributed by atoms with Gasteiger partial charge in [0, 0.05) is 43.0 Å². The van der Waals surface area contributed by atoms with Crippen molar-refractivity contribution in [2.24, 2.45) is 17.8 Å². The van der Waals surface area contributed by atoms with E-state index in [1.54, 1.807) is 29.2 Å². The summed E-state index contributed by atoms with van der Waals surface area (Å²) in [6, 6.07) is 7.02. The third-order valence-electron chi connectivity index (χ3n) is 8.77. The van der Waals surface area contributed by atoms with Crippen molar-refractivity contribution in [3.05, 3.63) is 47.3 Å². The van der Waals surface area contributed by atoms with Gasteiger partial charge in [0.1, 0.15) is 0 Å². The number of benzene rings is 1. The Kier molecular flexibility index (Phi) is 8.82. The highest BCUT2D eigenvalue weighted by molar-refractivity contribution is 5.94. The van der Waals surface area contributed by atoms with Crippen molar-refractivity contribution in [2.75, 3.05) is 39.0 Å². The van der Waals surface area contributed by atoms with Crippen LogP contribution in [0.25, 0.3) is 0 Å². The maximum atomic E-state index is 13.8. The van der Waals surface area contributed by atoms with Gasteiger partial charge in [0.05, 0.1) is 11.3 Å². The van der Waals surface area contributed by atoms with E-state index in [-0.39, 0.29) is 47.8 Å². The van der Waals surface area contributed by atoms with Crippen LogP contribution in [-0.4, -0.2) is 71.4 Å². The van der Waals surface area contributed by atoms with E-state index < -0.39 is 11.7 Å². The monoisotopic (exact) mass is 572 g/mol. The largest absolute Gasteiger partial charge is 0.419 e. The summed E-state index contributed by atoms with van der Waals surface area (Å²) in [7, 11) is 3.91. The molecule has 8 nitrogen and oxygen atoms in total. The Balaban J connectivity index is 1.22. The van der Waals surface area contributed by atoms with E-state index in [4.69, 9.17) is 0 Å². The summed E-state index contributed by atoms with van der Waals surface area (Å²) in [5.41, 5.74) is 0.207. The number of amides is 2. The average Bonchev–Trinajstić information content (AvgIpc) is 3.67. The van der Waals surface area contributed by atoms with Crippen LogP contribution in [0.3, 0.4) is 0 Å². The molecule has 1 aliphatic heterocycles. The fourth-order valence-electron chi connectivity index (χ4n) is 5.93. The second-order valence-corrected chi connectivity index (χ2v) is 12.0. The van der Waals surface area contributed by atoms with Gasteiger partial charge in [0.25, 0.3) is 5.91 Å². The van der Waals surface area contributed by atoms with Gasteiger partial charge in [0.15, 0.2) is 0 Å². The van der Waals surface area contributed by atoms with E-state index in [0.717, 1.165) is 45.0 Å². The normalized spacial score (nSPS) is 22.0. The number of nitrogens with one attached hydrogen (secondary N) is 2. The lowest BCUT2D eigenvalue weighted by Gasteiger charge is -2.35. The minimum atomic E-state index is -4.57. The molecule has 2 atom stereocenters. The SMILES string of the molecule is CN1CCC(N(C)C(=O)c2ccc(Nc3ncc(C(F)(F)F)c(C[C@@H]4CC[C@H](C(=O)NCC5CC5)C4)n3)cc2)CC1. The standard InChI is InChI=1S/C30H39F3N6O2/c1-38-13-11-24(12-14-38)39(2)28(41)21-7-9-23(10-8-21)36-29-35-18-25(30(31,32)33)26(37-29)16-20-5-6-22(15-20)27(40)34-17-19-3-4-19/h7-10,18-20,22,24H,3-6,11-17H2,1-2H3,(H,34,40)(H,35,36,37)/t20-,22+/m1/s1. The highest BCUT2D eigenvalue weighted by Gasteiger charge is 2.37. The number of anilines is 2. The van der Waals surface area contributed by atoms with Gasteiger partial charge in [0.2, 0.25) is 11.9 Å². The zero-order valence-corrected chi connectivity index (χ0v) is 23.7. The number of hydrogen-bond acceptors (Lipinski definition) is 6. The van der Waals surface area contributed by atoms with Crippen molar-refractivity contribution in [3.63, 3.8) is 0 Å². The molecule has 2 amide bonds. The molecule has 1 saturated heterocycles. The molecule has 2 N–H and O–H groups in total. The molecule has 2 aromatic rings. The fourth-order valence-corrected chi connectivity index (χ4v) is 5.93. The molecule has 0 radical (unpaired) electrons. The summed E-state index contributed by atoms with van der Waals surface area (Å²) >= 11 is 0. The first-order valence-corrected chi connectivity index (χ1v) is 14.6. The average molecular weight is 573 g/mol. The number of carbonyl (C=O) groups excluding carboxylic acids is 2. The van der Waals surface area contributed by atoms with Crippen molar-refractivity contribution >= 4 is 23.5 Å². The molecule has 1 aromatic heterocycles. The molecule has 5 rings (SSSR count). The van der Waals surface area contributed by atoms with Gasteiger partial charge < -0.3 is 20.4 Å². The van der Waals surface area contributed by atoms with Gasteiger partial charge in [-0.1, -0.05) is 0 Å². The molecule has 1 aromatic carbocycles. The number of aromatic nitrogens is 2. The summed E-state index contributed by atoms with van der Waals surface area (Å²) in [6.45, 7) is 2.61. The van der Waals surface area contributed by atoms with Crippen LogP contribution in [0.1, 0.15) is 66.6 Å². The van der Waals surface area contributed by atoms with Crippen LogP contribution in [0, 0.1) is 17.8 Å². The Morgan fingerprint density at radius 3 is 2.37 bits per heavy atom. The molecule has 2 saturated carbocycles. The Bertz CT molecular complexity index is 1230. The van der Waals surface area contributed by atoms with Crippen LogP contribution in [0.5, 0.6) is 0 Å². The minimum absolute atomic E-state index is 0.0138. The van der Waals surface area contributed by atoms with Gasteiger partial charge in [-0.3, -0.25) is 9.59 Å². The highest BCUT2D eigenvalue weighted by Crippen LogP contribution is 2.37. The number of carbonyl (C=O) groups is 2. The Hall–Kier alpha value is -3.21. The van der Waals surface area contributed by atoms with Crippen LogP contribution in [-0.2, 0) is 17.4 Å². The van der Waals surface area contributed by atoms with E-state index in [1.807, 2.05) is 7.05 Å². The summed E-state index contributed by atoms with van der Waals surface area (Å²) < 4.78 is 41.4. The van der Waals surface area contributed by atoms with Crippen LogP contribution in [0.15, 0.2) is 30.5 Å². The highest BCUT2D eigenvalue weighted by atomic mass is 19.4. The van der Waals surface area contributed by atoms with Crippen LogP contribution < -0.4 is 10.6 Å². The molecular weight excluding hydrogens is 533 g/mol. The lowest BCUT2D eigenvalue weighted by molar-refractivity contribution is -0.138. The quantitative estimate of drug-likeness (QED) is 0.445. The zero-order chi connectivity index (χ0) is 29.1. The molecule has 2 aliphatic carbocycles. The number of hydrogen-bond donors (Lipinski definition) is 2. The number of rotatable bonds is 9. The molecule has 3 aliphatic rings. The number of alkyl halides is 3. The molecule has 3 fully saturated rings. The van der Waals surface area contributed by atoms with Crippen molar-refractivity contribution in [1.82, 2.24) is 25.1 Å². The molecule has 11 heteroatoms. The van der Waals surface area contributed by atoms with E-state index in [0.29, 0.717) is 43.0 Å². The van der Waals surface area contributed by atoms with E-state index in [9.17, 15) is 22.8 Å². The summed E-state index contributed by atoms with van der Waals surface area (Å²) in [5.74, 6) is 0.386. The third-order valence-corrected chi connectivity index (χ3v) is 8.77. The van der Waals surface area contributed by atoms with Gasteiger partial charge in [-0.2, -0.15) is 13.2 Å². The maximum absolute atomic E-state index is 13.8. The zero-order valence-electron chi connectivity index (χ0n) is 23.7. The first-order valence-electron chi connectivity index (χ1n) is 14.6. The summed E-state index contributed by atoms with van der Waals surface area (Å²) in [6.07, 6.45) is 2.47. The molecule has 222 valence electrons. The Labute approximate surface area is 239 Å². The first kappa shape index (κ1) is 29.3. The first-order chi connectivity index (χ1) is 19.6. The number of piperidine rings is 1. The van der Waals surface area contributed by atoms with E-state index in [1.165, 1.54) is 0 Å². The topological polar surface area (TPSA) is 90.5 Å². The predicted molar refractivity (Wildman–Crippen MR) is 150 cm³/mol. The number of likely N-dealkylation sites (tertiary alicyclic amines) is 1. The molecule has 0 unspecified atom stereocenters. The van der Waals surface area contributed by atoms with Crippen molar-refractivity contribution < 1.29 is 22.8 Å². The van der Waals surface area contributed by atoms with Gasteiger partial charge >= 0.3 is 6.18 Å². The van der Waals surface area contributed by atoms with Gasteiger partial charge in [-0.15, -0.1) is 0 Å².